The minimum Gasteiger partial charge on any atom is -0.379 e. The summed E-state index contributed by atoms with van der Waals surface area (Å²) in [6, 6.07) is 0. The standard InChI is InChI=1S/C9H19N.HNO2/c1-8-6-5-7-10(4)9(8,2)3;2-1-3/h8H,5-7H2,1-4H3;(H,2,3). The van der Waals surface area contributed by atoms with Crippen molar-refractivity contribution < 1.29 is 5.21 Å². The molecule has 0 saturated carbocycles. The van der Waals surface area contributed by atoms with E-state index in [1.807, 2.05) is 0 Å². The van der Waals surface area contributed by atoms with E-state index < -0.39 is 0 Å². The highest BCUT2D eigenvalue weighted by Gasteiger charge is 2.32. The predicted molar refractivity (Wildman–Crippen MR) is 52.7 cm³/mol. The van der Waals surface area contributed by atoms with E-state index in [2.05, 4.69) is 32.7 Å². The van der Waals surface area contributed by atoms with Crippen molar-refractivity contribution in [1.29, 1.82) is 0 Å². The van der Waals surface area contributed by atoms with E-state index in [0.29, 0.717) is 5.54 Å². The minimum absolute atomic E-state index is 0.429. The summed E-state index contributed by atoms with van der Waals surface area (Å²) in [6.45, 7) is 8.32. The topological polar surface area (TPSA) is 52.9 Å². The summed E-state index contributed by atoms with van der Waals surface area (Å²) in [4.78, 5) is 10.6. The molecule has 13 heavy (non-hydrogen) atoms. The summed E-state index contributed by atoms with van der Waals surface area (Å²) in [7, 11) is 2.23. The Kier molecular flexibility index (Phi) is 4.91. The van der Waals surface area contributed by atoms with E-state index in [0.717, 1.165) is 5.92 Å². The van der Waals surface area contributed by atoms with Crippen LogP contribution in [0.4, 0.5) is 0 Å². The van der Waals surface area contributed by atoms with Crippen molar-refractivity contribution in [3.63, 3.8) is 0 Å². The van der Waals surface area contributed by atoms with Gasteiger partial charge in [0.15, 0.2) is 5.34 Å². The zero-order chi connectivity index (χ0) is 10.5. The van der Waals surface area contributed by atoms with Crippen LogP contribution in [0.3, 0.4) is 0 Å². The smallest absolute Gasteiger partial charge is 0.152 e. The average molecular weight is 188 g/mol. The lowest BCUT2D eigenvalue weighted by Gasteiger charge is -2.44. The lowest BCUT2D eigenvalue weighted by atomic mass is 9.81. The molecule has 0 aromatic carbocycles. The molecule has 0 spiro atoms. The summed E-state index contributed by atoms with van der Waals surface area (Å²) in [6.07, 6.45) is 2.78. The third-order valence-corrected chi connectivity index (χ3v) is 3.32. The molecule has 1 aliphatic heterocycles. The third kappa shape index (κ3) is 3.30. The number of hydrogen-bond acceptors (Lipinski definition) is 3. The van der Waals surface area contributed by atoms with Crippen LogP contribution in [0.2, 0.25) is 0 Å². The van der Waals surface area contributed by atoms with Crippen molar-refractivity contribution in [2.45, 2.75) is 39.2 Å². The Morgan fingerprint density at radius 1 is 1.54 bits per heavy atom. The number of piperidine rings is 1. The van der Waals surface area contributed by atoms with Crippen LogP contribution in [-0.2, 0) is 0 Å². The van der Waals surface area contributed by atoms with Crippen molar-refractivity contribution in [1.82, 2.24) is 4.90 Å². The molecule has 1 atom stereocenters. The van der Waals surface area contributed by atoms with Crippen molar-refractivity contribution >= 4 is 0 Å². The molecule has 0 amide bonds. The first kappa shape index (κ1) is 12.4. The van der Waals surface area contributed by atoms with Crippen LogP contribution in [0.1, 0.15) is 33.6 Å². The minimum atomic E-state index is 0.429. The Balaban J connectivity index is 0.000000424. The number of hydrogen-bond donors (Lipinski definition) is 1. The molecule has 1 N–H and O–H groups in total. The second kappa shape index (κ2) is 5.17. The Labute approximate surface area is 79.9 Å². The number of rotatable bonds is 0. The van der Waals surface area contributed by atoms with E-state index in [1.165, 1.54) is 24.7 Å². The lowest BCUT2D eigenvalue weighted by Crippen LogP contribution is -2.49. The maximum atomic E-state index is 8.11. The molecule has 1 heterocycles. The monoisotopic (exact) mass is 188 g/mol. The van der Waals surface area contributed by atoms with Crippen molar-refractivity contribution in [3.05, 3.63) is 4.91 Å². The maximum absolute atomic E-state index is 8.11. The van der Waals surface area contributed by atoms with Crippen molar-refractivity contribution in [2.75, 3.05) is 13.6 Å². The van der Waals surface area contributed by atoms with Gasteiger partial charge in [-0.15, -0.1) is 4.91 Å². The van der Waals surface area contributed by atoms with Crippen molar-refractivity contribution in [2.24, 2.45) is 11.3 Å². The molecule has 0 aromatic heterocycles. The Morgan fingerprint density at radius 2 is 2.00 bits per heavy atom. The van der Waals surface area contributed by atoms with Gasteiger partial charge in [0.2, 0.25) is 0 Å². The largest absolute Gasteiger partial charge is 0.379 e. The van der Waals surface area contributed by atoms with Crippen LogP contribution in [0.5, 0.6) is 0 Å². The van der Waals surface area contributed by atoms with Crippen LogP contribution in [0, 0.1) is 10.8 Å². The molecule has 0 radical (unpaired) electrons. The summed E-state index contributed by atoms with van der Waals surface area (Å²) >= 11 is 0. The zero-order valence-electron chi connectivity index (χ0n) is 8.95. The van der Waals surface area contributed by atoms with Crippen LogP contribution in [0.15, 0.2) is 5.34 Å². The van der Waals surface area contributed by atoms with Gasteiger partial charge in [-0.25, -0.2) is 0 Å². The second-order valence-corrected chi connectivity index (χ2v) is 4.20. The van der Waals surface area contributed by atoms with Gasteiger partial charge in [0.25, 0.3) is 0 Å². The van der Waals surface area contributed by atoms with E-state index in [-0.39, 0.29) is 0 Å². The van der Waals surface area contributed by atoms with Gasteiger partial charge in [0.05, 0.1) is 0 Å². The quantitative estimate of drug-likeness (QED) is 0.468. The van der Waals surface area contributed by atoms with Crippen LogP contribution >= 0.6 is 0 Å². The van der Waals surface area contributed by atoms with Gasteiger partial charge >= 0.3 is 0 Å². The predicted octanol–water partition coefficient (Wildman–Crippen LogP) is 2.27. The van der Waals surface area contributed by atoms with Gasteiger partial charge in [-0.3, -0.25) is 0 Å². The van der Waals surface area contributed by atoms with E-state index in [1.54, 1.807) is 0 Å². The van der Waals surface area contributed by atoms with Gasteiger partial charge in [-0.2, -0.15) is 0 Å². The van der Waals surface area contributed by atoms with Gasteiger partial charge in [0.1, 0.15) is 0 Å². The van der Waals surface area contributed by atoms with Crippen LogP contribution < -0.4 is 0 Å². The normalized spacial score (nSPS) is 27.2. The highest BCUT2D eigenvalue weighted by atomic mass is 16.6. The van der Waals surface area contributed by atoms with Gasteiger partial charge in [-0.1, -0.05) is 6.92 Å². The molecule has 4 nitrogen and oxygen atoms in total. The molecule has 0 aromatic rings. The molecule has 1 unspecified atom stereocenters. The SMILES string of the molecule is CC1CCCN(C)C1(C)C.O=NO. The maximum Gasteiger partial charge on any atom is 0.152 e. The third-order valence-electron chi connectivity index (χ3n) is 3.32. The fraction of sp³-hybridized carbons (Fsp3) is 1.00. The molecule has 1 rings (SSSR count). The summed E-state index contributed by atoms with van der Waals surface area (Å²) in [5.74, 6) is 0.853. The number of nitrogens with zero attached hydrogens (tertiary/aromatic N) is 2. The molecular weight excluding hydrogens is 168 g/mol. The van der Waals surface area contributed by atoms with E-state index in [4.69, 9.17) is 10.1 Å². The number of likely N-dealkylation sites (tertiary alicyclic amines) is 1. The van der Waals surface area contributed by atoms with Crippen LogP contribution in [-0.4, -0.2) is 29.2 Å². The molecule has 1 fully saturated rings. The van der Waals surface area contributed by atoms with Gasteiger partial charge in [-0.05, 0) is 46.2 Å². The fourth-order valence-corrected chi connectivity index (χ4v) is 1.65. The zero-order valence-corrected chi connectivity index (χ0v) is 8.95. The first-order valence-corrected chi connectivity index (χ1v) is 4.64. The molecule has 78 valence electrons. The molecule has 1 aliphatic rings. The first-order valence-electron chi connectivity index (χ1n) is 4.64. The summed E-state index contributed by atoms with van der Waals surface area (Å²) in [5, 5.41) is 7.89. The molecule has 4 heteroatoms. The molecular formula is C9H20N2O2. The molecule has 1 saturated heterocycles. The van der Waals surface area contributed by atoms with E-state index in [9.17, 15) is 0 Å². The highest BCUT2D eigenvalue weighted by molar-refractivity contribution is 4.88. The fourth-order valence-electron chi connectivity index (χ4n) is 1.65. The molecule has 0 bridgehead atoms. The summed E-state index contributed by atoms with van der Waals surface area (Å²) < 4.78 is 0. The van der Waals surface area contributed by atoms with Crippen LogP contribution in [0.25, 0.3) is 0 Å². The average Bonchev–Trinajstić information content (AvgIpc) is 2.03. The molecule has 0 aliphatic carbocycles. The second-order valence-electron chi connectivity index (χ2n) is 4.20. The lowest BCUT2D eigenvalue weighted by molar-refractivity contribution is 0.0547. The van der Waals surface area contributed by atoms with E-state index >= 15 is 0 Å². The first-order chi connectivity index (χ1) is 5.96. The Morgan fingerprint density at radius 3 is 2.31 bits per heavy atom. The van der Waals surface area contributed by atoms with Gasteiger partial charge in [0, 0.05) is 5.54 Å². The summed E-state index contributed by atoms with van der Waals surface area (Å²) in [5.41, 5.74) is 0.429. The van der Waals surface area contributed by atoms with Crippen molar-refractivity contribution in [3.8, 4) is 0 Å². The Hall–Kier alpha value is -0.640. The highest BCUT2D eigenvalue weighted by Crippen LogP contribution is 2.30. The van der Waals surface area contributed by atoms with Gasteiger partial charge < -0.3 is 10.1 Å². The Bertz CT molecular complexity index is 148.